The van der Waals surface area contributed by atoms with Crippen LogP contribution in [0, 0.1) is 0 Å². The minimum Gasteiger partial charge on any atom is -0.480 e. The van der Waals surface area contributed by atoms with Crippen molar-refractivity contribution < 1.29 is 59.3 Å². The molecule has 1 amide bonds. The fourth-order valence-electron chi connectivity index (χ4n) is 5.13. The highest BCUT2D eigenvalue weighted by Gasteiger charge is 2.31. The van der Waals surface area contributed by atoms with Gasteiger partial charge in [0.1, 0.15) is 24.6 Å². The average molecular weight is 807 g/mol. The van der Waals surface area contributed by atoms with Gasteiger partial charge >= 0.3 is 30.2 Å². The quantitative estimate of drug-likeness (QED) is 0.126. The number of carboxylic acid groups (broad SMARTS) is 1. The molecule has 57 heavy (non-hydrogen) atoms. The number of nitrogens with zero attached hydrogens (tertiary/aromatic N) is 2. The van der Waals surface area contributed by atoms with Crippen LogP contribution in [-0.4, -0.2) is 50.9 Å². The summed E-state index contributed by atoms with van der Waals surface area (Å²) in [7, 11) is 0. The van der Waals surface area contributed by atoms with Crippen LogP contribution in [0.25, 0.3) is 44.5 Å². The van der Waals surface area contributed by atoms with Gasteiger partial charge in [0.25, 0.3) is 0 Å². The summed E-state index contributed by atoms with van der Waals surface area (Å²) in [6, 6.07) is 20.3. The van der Waals surface area contributed by atoms with Crippen LogP contribution in [-0.2, 0) is 22.7 Å². The van der Waals surface area contributed by atoms with Gasteiger partial charge in [0.15, 0.2) is 11.2 Å². The van der Waals surface area contributed by atoms with Crippen molar-refractivity contribution in [1.82, 2.24) is 14.5 Å². The number of hydrogen-bond donors (Lipinski definition) is 3. The minimum absolute atomic E-state index is 0.0747. The summed E-state index contributed by atoms with van der Waals surface area (Å²) in [5.41, 5.74) is 8.72. The van der Waals surface area contributed by atoms with Crippen molar-refractivity contribution in [3.63, 3.8) is 0 Å². The van der Waals surface area contributed by atoms with Crippen molar-refractivity contribution >= 4 is 34.1 Å². The molecule has 2 heterocycles. The number of ether oxygens (including phenoxy) is 2. The van der Waals surface area contributed by atoms with Crippen LogP contribution in [0.2, 0.25) is 0 Å². The first-order valence-electron chi connectivity index (χ1n) is 16.8. The number of hydrogen-bond acceptors (Lipinski definition) is 9. The molecule has 0 saturated heterocycles. The molecule has 19 heteroatoms. The Labute approximate surface area is 318 Å². The SMILES string of the molecule is CC(C)N.CC(C)NC(=O)Cn1c(=O)oc2ccc(-c3ccc(OC(F)(F)F)cc3)cc21.O=C(O)Cn1c(=O)oc2ccc(-c3ccc(OC(F)(F)F)cc3)cc21. The molecule has 4 aromatic carbocycles. The number of aromatic nitrogens is 2. The molecule has 0 saturated carbocycles. The molecule has 304 valence electrons. The van der Waals surface area contributed by atoms with E-state index in [1.807, 2.05) is 13.8 Å². The zero-order valence-corrected chi connectivity index (χ0v) is 30.6. The maximum absolute atomic E-state index is 12.3. The van der Waals surface area contributed by atoms with Crippen LogP contribution < -0.4 is 32.0 Å². The number of carbonyl (C=O) groups is 2. The van der Waals surface area contributed by atoms with Crippen LogP contribution in [0.15, 0.2) is 103 Å². The summed E-state index contributed by atoms with van der Waals surface area (Å²) in [5, 5.41) is 11.6. The van der Waals surface area contributed by atoms with Crippen LogP contribution in [0.1, 0.15) is 27.7 Å². The molecule has 0 radical (unpaired) electrons. The number of fused-ring (bicyclic) bond motifs is 2. The topological polar surface area (TPSA) is 181 Å². The number of amides is 1. The van der Waals surface area contributed by atoms with Crippen molar-refractivity contribution in [3.05, 3.63) is 106 Å². The number of benzene rings is 4. The summed E-state index contributed by atoms with van der Waals surface area (Å²) < 4.78 is 93.3. The average Bonchev–Trinajstić information content (AvgIpc) is 3.56. The van der Waals surface area contributed by atoms with E-state index in [0.717, 1.165) is 16.7 Å². The van der Waals surface area contributed by atoms with E-state index in [1.54, 1.807) is 38.1 Å². The summed E-state index contributed by atoms with van der Waals surface area (Å²) in [5.74, 6) is -3.70. The van der Waals surface area contributed by atoms with Gasteiger partial charge in [-0.15, -0.1) is 26.3 Å². The number of nitrogens with two attached hydrogens (primary N) is 1. The minimum atomic E-state index is -4.77. The van der Waals surface area contributed by atoms with Crippen molar-refractivity contribution in [3.8, 4) is 33.8 Å². The van der Waals surface area contributed by atoms with Gasteiger partial charge in [-0.3, -0.25) is 18.7 Å². The van der Waals surface area contributed by atoms with Crippen molar-refractivity contribution in [2.45, 2.75) is 65.6 Å². The van der Waals surface area contributed by atoms with E-state index in [9.17, 15) is 45.5 Å². The molecule has 0 aliphatic carbocycles. The molecule has 6 rings (SSSR count). The van der Waals surface area contributed by atoms with Crippen LogP contribution in [0.3, 0.4) is 0 Å². The Kier molecular flexibility index (Phi) is 13.6. The zero-order chi connectivity index (χ0) is 42.2. The smallest absolute Gasteiger partial charge is 0.480 e. The van der Waals surface area contributed by atoms with Crippen LogP contribution >= 0.6 is 0 Å². The van der Waals surface area contributed by atoms with E-state index in [4.69, 9.17) is 19.7 Å². The Morgan fingerprint density at radius 1 is 0.667 bits per heavy atom. The normalized spacial score (nSPS) is 11.5. The van der Waals surface area contributed by atoms with Crippen LogP contribution in [0.5, 0.6) is 11.5 Å². The Balaban J connectivity index is 0.000000232. The Morgan fingerprint density at radius 2 is 1.02 bits per heavy atom. The van der Waals surface area contributed by atoms with Gasteiger partial charge in [-0.1, -0.05) is 50.2 Å². The lowest BCUT2D eigenvalue weighted by molar-refractivity contribution is -0.275. The molecular formula is C38H36F6N4O9. The Bertz CT molecular complexity index is 2420. The molecule has 0 bridgehead atoms. The molecule has 0 spiro atoms. The first-order valence-corrected chi connectivity index (χ1v) is 16.8. The third-order valence-corrected chi connectivity index (χ3v) is 7.22. The number of carbonyl (C=O) groups excluding carboxylic acids is 1. The monoisotopic (exact) mass is 806 g/mol. The molecule has 0 unspecified atom stereocenters. The standard InChI is InChI=1S/C19H17F3N2O4.C16H10F3NO5.C3H9N/c1-11(2)23-17(25)10-24-15-9-13(5-8-16(15)27-18(24)26)12-3-6-14(7-4-12)28-19(20,21)22;17-16(18,19)25-11-4-1-9(2-5-11)10-3-6-13-12(7-10)20(8-14(21)22)15(23)24-13;1-3(2)4/h3-9,11H,10H2,1-2H3,(H,23,25);1-7H,8H2,(H,21,22);3H,4H2,1-2H3. The largest absolute Gasteiger partial charge is 0.573 e. The van der Waals surface area contributed by atoms with E-state index in [2.05, 4.69) is 14.8 Å². The summed E-state index contributed by atoms with van der Waals surface area (Å²) in [6.07, 6.45) is -9.53. The third kappa shape index (κ3) is 12.8. The van der Waals surface area contributed by atoms with Crippen molar-refractivity contribution in [2.75, 3.05) is 0 Å². The maximum atomic E-state index is 12.3. The Hall–Kier alpha value is -6.50. The second-order valence-electron chi connectivity index (χ2n) is 12.8. The van der Waals surface area contributed by atoms with E-state index < -0.39 is 36.8 Å². The number of rotatable bonds is 9. The molecule has 0 aliphatic heterocycles. The molecule has 2 aromatic heterocycles. The van der Waals surface area contributed by atoms with Gasteiger partial charge in [-0.25, -0.2) is 9.59 Å². The predicted octanol–water partition coefficient (Wildman–Crippen LogP) is 7.28. The molecule has 6 aromatic rings. The summed E-state index contributed by atoms with van der Waals surface area (Å²) >= 11 is 0. The molecule has 0 fully saturated rings. The number of carboxylic acids is 1. The Morgan fingerprint density at radius 3 is 1.35 bits per heavy atom. The molecular weight excluding hydrogens is 770 g/mol. The van der Waals surface area contributed by atoms with Gasteiger partial charge in [0, 0.05) is 6.04 Å². The van der Waals surface area contributed by atoms with E-state index >= 15 is 0 Å². The van der Waals surface area contributed by atoms with Crippen molar-refractivity contribution in [2.24, 2.45) is 5.73 Å². The highest BCUT2D eigenvalue weighted by atomic mass is 19.4. The number of aliphatic carboxylic acids is 1. The van der Waals surface area contributed by atoms with E-state index in [-0.39, 0.29) is 41.1 Å². The van der Waals surface area contributed by atoms with Crippen molar-refractivity contribution in [1.29, 1.82) is 0 Å². The number of halogens is 6. The van der Waals surface area contributed by atoms with Gasteiger partial charge in [0.2, 0.25) is 5.91 Å². The summed E-state index contributed by atoms with van der Waals surface area (Å²) in [6.45, 7) is 6.73. The lowest BCUT2D eigenvalue weighted by Gasteiger charge is -2.10. The first kappa shape index (κ1) is 43.2. The molecule has 4 N–H and O–H groups in total. The number of oxazole rings is 2. The maximum Gasteiger partial charge on any atom is 0.573 e. The molecule has 0 atom stereocenters. The third-order valence-electron chi connectivity index (χ3n) is 7.22. The van der Waals surface area contributed by atoms with Gasteiger partial charge in [-0.05, 0) is 90.7 Å². The lowest BCUT2D eigenvalue weighted by atomic mass is 10.1. The number of nitrogens with one attached hydrogen (secondary N) is 1. The number of alkyl halides is 6. The van der Waals surface area contributed by atoms with Gasteiger partial charge in [-0.2, -0.15) is 0 Å². The van der Waals surface area contributed by atoms with Crippen LogP contribution in [0.4, 0.5) is 26.3 Å². The lowest BCUT2D eigenvalue weighted by Crippen LogP contribution is -2.35. The first-order chi connectivity index (χ1) is 26.6. The predicted molar refractivity (Wildman–Crippen MR) is 195 cm³/mol. The van der Waals surface area contributed by atoms with E-state index in [0.29, 0.717) is 39.4 Å². The zero-order valence-electron chi connectivity index (χ0n) is 30.6. The highest BCUT2D eigenvalue weighted by Crippen LogP contribution is 2.30. The molecule has 13 nitrogen and oxygen atoms in total. The fraction of sp³-hybridized carbons (Fsp3) is 0.263. The second kappa shape index (κ2) is 18.0. The highest BCUT2D eigenvalue weighted by molar-refractivity contribution is 5.84. The second-order valence-corrected chi connectivity index (χ2v) is 12.8. The van der Waals surface area contributed by atoms with Gasteiger partial charge < -0.3 is 34.5 Å². The fourth-order valence-corrected chi connectivity index (χ4v) is 5.13. The molecule has 0 aliphatic rings. The summed E-state index contributed by atoms with van der Waals surface area (Å²) in [4.78, 5) is 46.7. The van der Waals surface area contributed by atoms with Gasteiger partial charge in [0.05, 0.1) is 11.0 Å². The van der Waals surface area contributed by atoms with E-state index in [1.165, 1.54) is 53.1 Å².